The molecule has 18 heavy (non-hydrogen) atoms. The fraction of sp³-hybridized carbons (Fsp3) is 0.500. The zero-order valence-corrected chi connectivity index (χ0v) is 12.3. The van der Waals surface area contributed by atoms with Gasteiger partial charge in [0.2, 0.25) is 0 Å². The van der Waals surface area contributed by atoms with Crippen LogP contribution in [-0.4, -0.2) is 16.3 Å². The Morgan fingerprint density at radius 2 is 2.22 bits per heavy atom. The third-order valence-corrected chi connectivity index (χ3v) is 4.13. The SMILES string of the molecule is Cc1cc(C(C)NCCc2ccn(C)n2)c(C)s1. The second-order valence-corrected chi connectivity index (χ2v) is 6.24. The van der Waals surface area contributed by atoms with Crippen LogP contribution >= 0.6 is 11.3 Å². The van der Waals surface area contributed by atoms with Crippen LogP contribution in [0, 0.1) is 13.8 Å². The molecule has 0 bridgehead atoms. The van der Waals surface area contributed by atoms with E-state index in [0.717, 1.165) is 18.7 Å². The van der Waals surface area contributed by atoms with Crippen LogP contribution in [0.1, 0.15) is 34.0 Å². The predicted octanol–water partition coefficient (Wildman–Crippen LogP) is 2.99. The molecule has 0 amide bonds. The summed E-state index contributed by atoms with van der Waals surface area (Å²) in [6, 6.07) is 4.78. The highest BCUT2D eigenvalue weighted by Crippen LogP contribution is 2.25. The standard InChI is InChI=1S/C14H21N3S/c1-10-9-14(12(3)18-10)11(2)15-7-5-13-6-8-17(4)16-13/h6,8-9,11,15H,5,7H2,1-4H3. The van der Waals surface area contributed by atoms with E-state index in [9.17, 15) is 0 Å². The van der Waals surface area contributed by atoms with Gasteiger partial charge in [0.1, 0.15) is 0 Å². The van der Waals surface area contributed by atoms with Crippen molar-refractivity contribution in [2.24, 2.45) is 7.05 Å². The molecule has 0 saturated heterocycles. The quantitative estimate of drug-likeness (QED) is 0.898. The van der Waals surface area contributed by atoms with Crippen molar-refractivity contribution in [1.82, 2.24) is 15.1 Å². The molecule has 0 aliphatic carbocycles. The van der Waals surface area contributed by atoms with E-state index >= 15 is 0 Å². The molecule has 98 valence electrons. The molecule has 0 fully saturated rings. The van der Waals surface area contributed by atoms with Crippen molar-refractivity contribution in [2.75, 3.05) is 6.54 Å². The molecular formula is C14H21N3S. The van der Waals surface area contributed by atoms with E-state index in [1.54, 1.807) is 0 Å². The minimum absolute atomic E-state index is 0.415. The number of aromatic nitrogens is 2. The van der Waals surface area contributed by atoms with E-state index in [0.29, 0.717) is 6.04 Å². The summed E-state index contributed by atoms with van der Waals surface area (Å²) >= 11 is 1.88. The predicted molar refractivity (Wildman–Crippen MR) is 77.1 cm³/mol. The smallest absolute Gasteiger partial charge is 0.0637 e. The Balaban J connectivity index is 1.85. The number of hydrogen-bond donors (Lipinski definition) is 1. The Morgan fingerprint density at radius 1 is 1.44 bits per heavy atom. The van der Waals surface area contributed by atoms with Gasteiger partial charge in [-0.3, -0.25) is 4.68 Å². The largest absolute Gasteiger partial charge is 0.310 e. The minimum Gasteiger partial charge on any atom is -0.310 e. The summed E-state index contributed by atoms with van der Waals surface area (Å²) in [7, 11) is 1.96. The fourth-order valence-corrected chi connectivity index (χ4v) is 3.23. The molecule has 2 aromatic rings. The van der Waals surface area contributed by atoms with Gasteiger partial charge in [0.25, 0.3) is 0 Å². The van der Waals surface area contributed by atoms with E-state index in [1.165, 1.54) is 15.3 Å². The molecule has 0 radical (unpaired) electrons. The zero-order valence-electron chi connectivity index (χ0n) is 11.5. The zero-order chi connectivity index (χ0) is 13.1. The number of rotatable bonds is 5. The van der Waals surface area contributed by atoms with Gasteiger partial charge in [-0.25, -0.2) is 0 Å². The van der Waals surface area contributed by atoms with Gasteiger partial charge < -0.3 is 5.32 Å². The van der Waals surface area contributed by atoms with Crippen LogP contribution in [0.2, 0.25) is 0 Å². The molecule has 3 nitrogen and oxygen atoms in total. The second-order valence-electron chi connectivity index (χ2n) is 4.78. The van der Waals surface area contributed by atoms with Gasteiger partial charge in [-0.1, -0.05) is 0 Å². The van der Waals surface area contributed by atoms with Crippen molar-refractivity contribution >= 4 is 11.3 Å². The van der Waals surface area contributed by atoms with Gasteiger partial charge >= 0.3 is 0 Å². The lowest BCUT2D eigenvalue weighted by molar-refractivity contribution is 0.570. The molecule has 1 atom stereocenters. The van der Waals surface area contributed by atoms with Gasteiger partial charge in [-0.2, -0.15) is 5.10 Å². The summed E-state index contributed by atoms with van der Waals surface area (Å²) in [6.45, 7) is 7.56. The van der Waals surface area contributed by atoms with Crippen LogP contribution in [0.15, 0.2) is 18.3 Å². The topological polar surface area (TPSA) is 29.9 Å². The molecule has 0 aliphatic rings. The van der Waals surface area contributed by atoms with Crippen molar-refractivity contribution in [3.05, 3.63) is 39.3 Å². The van der Waals surface area contributed by atoms with Crippen molar-refractivity contribution < 1.29 is 0 Å². The second kappa shape index (κ2) is 5.67. The molecule has 2 rings (SSSR count). The Kier molecular flexibility index (Phi) is 4.19. The molecule has 0 aromatic carbocycles. The van der Waals surface area contributed by atoms with Gasteiger partial charge in [0.15, 0.2) is 0 Å². The summed E-state index contributed by atoms with van der Waals surface area (Å²) in [5, 5.41) is 7.95. The maximum atomic E-state index is 4.38. The van der Waals surface area contributed by atoms with Crippen LogP contribution in [0.25, 0.3) is 0 Å². The lowest BCUT2D eigenvalue weighted by Gasteiger charge is -2.13. The maximum Gasteiger partial charge on any atom is 0.0637 e. The molecule has 2 aromatic heterocycles. The average molecular weight is 263 g/mol. The number of nitrogens with zero attached hydrogens (tertiary/aromatic N) is 2. The van der Waals surface area contributed by atoms with Crippen LogP contribution in [0.3, 0.4) is 0 Å². The maximum absolute atomic E-state index is 4.38. The summed E-state index contributed by atoms with van der Waals surface area (Å²) in [6.07, 6.45) is 2.97. The van der Waals surface area contributed by atoms with Crippen LogP contribution in [-0.2, 0) is 13.5 Å². The summed E-state index contributed by atoms with van der Waals surface area (Å²) in [5.74, 6) is 0. The van der Waals surface area contributed by atoms with Gasteiger partial charge in [0, 0.05) is 42.0 Å². The number of aryl methyl sites for hydroxylation is 3. The summed E-state index contributed by atoms with van der Waals surface area (Å²) in [5.41, 5.74) is 2.58. The number of nitrogens with one attached hydrogen (secondary N) is 1. The normalized spacial score (nSPS) is 12.9. The first-order chi connectivity index (χ1) is 8.56. The molecule has 4 heteroatoms. The minimum atomic E-state index is 0.415. The average Bonchev–Trinajstić information content (AvgIpc) is 2.85. The van der Waals surface area contributed by atoms with Crippen LogP contribution in [0.5, 0.6) is 0 Å². The number of hydrogen-bond acceptors (Lipinski definition) is 3. The van der Waals surface area contributed by atoms with E-state index in [4.69, 9.17) is 0 Å². The lowest BCUT2D eigenvalue weighted by atomic mass is 10.1. The van der Waals surface area contributed by atoms with Crippen molar-refractivity contribution in [3.8, 4) is 0 Å². The van der Waals surface area contributed by atoms with Crippen molar-refractivity contribution in [1.29, 1.82) is 0 Å². The highest BCUT2D eigenvalue weighted by Gasteiger charge is 2.10. The highest BCUT2D eigenvalue weighted by molar-refractivity contribution is 7.12. The van der Waals surface area contributed by atoms with Crippen LogP contribution < -0.4 is 5.32 Å². The first-order valence-corrected chi connectivity index (χ1v) is 7.16. The summed E-state index contributed by atoms with van der Waals surface area (Å²) < 4.78 is 1.85. The third kappa shape index (κ3) is 3.21. The monoisotopic (exact) mass is 263 g/mol. The third-order valence-electron chi connectivity index (χ3n) is 3.15. The van der Waals surface area contributed by atoms with E-state index in [2.05, 4.69) is 43.3 Å². The van der Waals surface area contributed by atoms with Gasteiger partial charge in [-0.15, -0.1) is 11.3 Å². The fourth-order valence-electron chi connectivity index (χ4n) is 2.20. The molecule has 1 N–H and O–H groups in total. The molecule has 1 unspecified atom stereocenters. The van der Waals surface area contributed by atoms with Gasteiger partial charge in [-0.05, 0) is 38.5 Å². The first-order valence-electron chi connectivity index (χ1n) is 6.35. The van der Waals surface area contributed by atoms with E-state index in [1.807, 2.05) is 29.3 Å². The molecular weight excluding hydrogens is 242 g/mol. The van der Waals surface area contributed by atoms with E-state index < -0.39 is 0 Å². The number of thiophene rings is 1. The molecule has 0 saturated carbocycles. The first kappa shape index (κ1) is 13.3. The highest BCUT2D eigenvalue weighted by atomic mass is 32.1. The Morgan fingerprint density at radius 3 is 2.78 bits per heavy atom. The Bertz CT molecular complexity index is 513. The van der Waals surface area contributed by atoms with E-state index in [-0.39, 0.29) is 0 Å². The lowest BCUT2D eigenvalue weighted by Crippen LogP contribution is -2.21. The molecule has 0 aliphatic heterocycles. The molecule has 2 heterocycles. The Hall–Kier alpha value is -1.13. The molecule has 0 spiro atoms. The van der Waals surface area contributed by atoms with Crippen LogP contribution in [0.4, 0.5) is 0 Å². The van der Waals surface area contributed by atoms with Gasteiger partial charge in [0.05, 0.1) is 5.69 Å². The summed E-state index contributed by atoms with van der Waals surface area (Å²) in [4.78, 5) is 2.81. The van der Waals surface area contributed by atoms with Crippen molar-refractivity contribution in [3.63, 3.8) is 0 Å². The Labute approximate surface area is 113 Å². The van der Waals surface area contributed by atoms with Crippen molar-refractivity contribution in [2.45, 2.75) is 33.2 Å².